The lowest BCUT2D eigenvalue weighted by atomic mass is 9.88. The lowest BCUT2D eigenvalue weighted by Crippen LogP contribution is -1.94. The first-order valence-electron chi connectivity index (χ1n) is 5.26. The van der Waals surface area contributed by atoms with Crippen molar-refractivity contribution in [3.63, 3.8) is 0 Å². The van der Waals surface area contributed by atoms with Gasteiger partial charge < -0.3 is 0 Å². The molecule has 0 saturated heterocycles. The van der Waals surface area contributed by atoms with Crippen LogP contribution in [0.4, 0.5) is 0 Å². The van der Waals surface area contributed by atoms with Crippen LogP contribution in [0.1, 0.15) is 27.7 Å². The molecule has 0 aliphatic carbocycles. The second-order valence-corrected chi connectivity index (χ2v) is 4.13. The molecule has 0 aliphatic rings. The topological polar surface area (TPSA) is 0 Å². The van der Waals surface area contributed by atoms with E-state index in [9.17, 15) is 0 Å². The van der Waals surface area contributed by atoms with E-state index < -0.39 is 0 Å². The number of hydrogen-bond acceptors (Lipinski definition) is 0. The van der Waals surface area contributed by atoms with Crippen molar-refractivity contribution in [2.75, 3.05) is 0 Å². The van der Waals surface area contributed by atoms with Gasteiger partial charge >= 0.3 is 0 Å². The highest BCUT2D eigenvalue weighted by molar-refractivity contribution is 6.10. The van der Waals surface area contributed by atoms with Crippen molar-refractivity contribution in [3.05, 3.63) is 36.0 Å². The van der Waals surface area contributed by atoms with Crippen LogP contribution in [-0.2, 0) is 0 Å². The van der Waals surface area contributed by atoms with E-state index in [1.54, 1.807) is 0 Å². The van der Waals surface area contributed by atoms with Crippen LogP contribution in [0, 0.1) is 11.8 Å². The van der Waals surface area contributed by atoms with Crippen LogP contribution >= 0.6 is 0 Å². The van der Waals surface area contributed by atoms with E-state index in [1.807, 2.05) is 6.08 Å². The first-order chi connectivity index (χ1) is 6.52. The standard InChI is InChI=1S/C13H21B/c1-6-12(10(2)3)7-8-13(9-14)11(4)5/h6-8,10-11H,1,9H2,2-5H3/b12-7+,13-8+. The molecule has 0 aromatic heterocycles. The minimum absolute atomic E-state index is 0.523. The number of hydrogen-bond donors (Lipinski definition) is 0. The Hall–Kier alpha value is -0.715. The van der Waals surface area contributed by atoms with Gasteiger partial charge in [0.25, 0.3) is 0 Å². The zero-order valence-corrected chi connectivity index (χ0v) is 9.88. The van der Waals surface area contributed by atoms with Crippen LogP contribution < -0.4 is 0 Å². The molecule has 76 valence electrons. The summed E-state index contributed by atoms with van der Waals surface area (Å²) in [5.41, 5.74) is 2.54. The Kier molecular flexibility index (Phi) is 6.35. The van der Waals surface area contributed by atoms with E-state index in [-0.39, 0.29) is 0 Å². The highest BCUT2D eigenvalue weighted by Crippen LogP contribution is 2.16. The molecule has 0 rings (SSSR count). The molecule has 14 heavy (non-hydrogen) atoms. The zero-order chi connectivity index (χ0) is 11.1. The van der Waals surface area contributed by atoms with Crippen LogP contribution in [0.2, 0.25) is 6.32 Å². The van der Waals surface area contributed by atoms with Gasteiger partial charge in [0, 0.05) is 0 Å². The van der Waals surface area contributed by atoms with Crippen molar-refractivity contribution >= 4 is 7.85 Å². The largest absolute Gasteiger partial charge is 0.0988 e. The fraction of sp³-hybridized carbons (Fsp3) is 0.538. The maximum atomic E-state index is 5.65. The fourth-order valence-corrected chi connectivity index (χ4v) is 1.20. The van der Waals surface area contributed by atoms with Gasteiger partial charge in [-0.3, -0.25) is 0 Å². The van der Waals surface area contributed by atoms with E-state index in [2.05, 4.69) is 46.4 Å². The summed E-state index contributed by atoms with van der Waals surface area (Å²) >= 11 is 0. The third-order valence-electron chi connectivity index (χ3n) is 2.37. The molecule has 0 aliphatic heterocycles. The summed E-state index contributed by atoms with van der Waals surface area (Å²) in [6.45, 7) is 12.5. The molecule has 0 fully saturated rings. The molecule has 0 atom stereocenters. The second-order valence-electron chi connectivity index (χ2n) is 4.13. The van der Waals surface area contributed by atoms with E-state index >= 15 is 0 Å². The lowest BCUT2D eigenvalue weighted by Gasteiger charge is -2.09. The minimum atomic E-state index is 0.523. The SMILES string of the molecule is [B]C/C(=C\C=C(/C=C)C(C)C)C(C)C. The van der Waals surface area contributed by atoms with E-state index in [4.69, 9.17) is 7.85 Å². The quantitative estimate of drug-likeness (QED) is 0.453. The fourth-order valence-electron chi connectivity index (χ4n) is 1.20. The van der Waals surface area contributed by atoms with Crippen molar-refractivity contribution in [1.82, 2.24) is 0 Å². The monoisotopic (exact) mass is 188 g/mol. The van der Waals surface area contributed by atoms with E-state index in [0.717, 1.165) is 0 Å². The smallest absolute Gasteiger partial charge is 0.0712 e. The first kappa shape index (κ1) is 13.3. The summed E-state index contributed by atoms with van der Waals surface area (Å²) in [5.74, 6) is 1.05. The van der Waals surface area contributed by atoms with Gasteiger partial charge in [-0.2, -0.15) is 0 Å². The Morgan fingerprint density at radius 1 is 1.14 bits per heavy atom. The van der Waals surface area contributed by atoms with Gasteiger partial charge in [-0.15, -0.1) is 0 Å². The Morgan fingerprint density at radius 3 is 2.00 bits per heavy atom. The molecule has 0 spiro atoms. The van der Waals surface area contributed by atoms with Crippen molar-refractivity contribution in [2.45, 2.75) is 34.0 Å². The van der Waals surface area contributed by atoms with Gasteiger partial charge in [0.1, 0.15) is 0 Å². The molecular weight excluding hydrogens is 167 g/mol. The van der Waals surface area contributed by atoms with Gasteiger partial charge in [-0.1, -0.05) is 64.4 Å². The van der Waals surface area contributed by atoms with Crippen LogP contribution in [0.25, 0.3) is 0 Å². The molecule has 1 heteroatoms. The van der Waals surface area contributed by atoms with Crippen molar-refractivity contribution in [1.29, 1.82) is 0 Å². The van der Waals surface area contributed by atoms with Gasteiger partial charge in [-0.05, 0) is 17.4 Å². The summed E-state index contributed by atoms with van der Waals surface area (Å²) in [4.78, 5) is 0. The molecular formula is C13H21B. The normalized spacial score (nSPS) is 13.9. The Labute approximate surface area is 90.2 Å². The van der Waals surface area contributed by atoms with Crippen molar-refractivity contribution < 1.29 is 0 Å². The average molecular weight is 188 g/mol. The Balaban J connectivity index is 4.70. The first-order valence-corrected chi connectivity index (χ1v) is 5.26. The van der Waals surface area contributed by atoms with Crippen molar-refractivity contribution in [3.8, 4) is 0 Å². The van der Waals surface area contributed by atoms with Crippen molar-refractivity contribution in [2.24, 2.45) is 11.8 Å². The third kappa shape index (κ3) is 4.50. The molecule has 0 saturated carbocycles. The summed E-state index contributed by atoms with van der Waals surface area (Å²) < 4.78 is 0. The van der Waals surface area contributed by atoms with Gasteiger partial charge in [-0.25, -0.2) is 0 Å². The molecule has 0 aromatic carbocycles. The molecule has 0 N–H and O–H groups in total. The molecule has 2 radical (unpaired) electrons. The predicted molar refractivity (Wildman–Crippen MR) is 66.6 cm³/mol. The predicted octanol–water partition coefficient (Wildman–Crippen LogP) is 3.92. The highest BCUT2D eigenvalue weighted by Gasteiger charge is 2.00. The van der Waals surface area contributed by atoms with E-state index in [1.165, 1.54) is 11.1 Å². The molecule has 0 amide bonds. The minimum Gasteiger partial charge on any atom is -0.0988 e. The number of rotatable bonds is 5. The van der Waals surface area contributed by atoms with Crippen LogP contribution in [0.3, 0.4) is 0 Å². The van der Waals surface area contributed by atoms with Gasteiger partial charge in [0.2, 0.25) is 0 Å². The average Bonchev–Trinajstić information content (AvgIpc) is 2.11. The van der Waals surface area contributed by atoms with Crippen LogP contribution in [0.5, 0.6) is 0 Å². The molecule has 0 heterocycles. The van der Waals surface area contributed by atoms with E-state index in [0.29, 0.717) is 18.2 Å². The molecule has 0 bridgehead atoms. The lowest BCUT2D eigenvalue weighted by molar-refractivity contribution is 0.766. The Bertz CT molecular complexity index is 232. The molecule has 0 unspecified atom stereocenters. The summed E-state index contributed by atoms with van der Waals surface area (Å²) in [7, 11) is 5.65. The highest BCUT2D eigenvalue weighted by atomic mass is 14.0. The van der Waals surface area contributed by atoms with Gasteiger partial charge in [0.05, 0.1) is 7.85 Å². The zero-order valence-electron chi connectivity index (χ0n) is 9.88. The summed E-state index contributed by atoms with van der Waals surface area (Å²) in [5, 5.41) is 0. The maximum Gasteiger partial charge on any atom is 0.0712 e. The summed E-state index contributed by atoms with van der Waals surface area (Å²) in [6.07, 6.45) is 6.80. The molecule has 0 aromatic rings. The summed E-state index contributed by atoms with van der Waals surface area (Å²) in [6, 6.07) is 0. The van der Waals surface area contributed by atoms with Crippen LogP contribution in [-0.4, -0.2) is 7.85 Å². The Morgan fingerprint density at radius 2 is 1.71 bits per heavy atom. The molecule has 0 nitrogen and oxygen atoms in total. The second kappa shape index (κ2) is 6.70. The van der Waals surface area contributed by atoms with Crippen LogP contribution in [0.15, 0.2) is 36.0 Å². The maximum absolute atomic E-state index is 5.65. The third-order valence-corrected chi connectivity index (χ3v) is 2.37. The number of allylic oxidation sites excluding steroid dienone is 5. The van der Waals surface area contributed by atoms with Gasteiger partial charge in [0.15, 0.2) is 0 Å².